The van der Waals surface area contributed by atoms with Crippen molar-refractivity contribution in [3.05, 3.63) is 53.6 Å². The smallest absolute Gasteiger partial charge is 0.181 e. The Morgan fingerprint density at radius 2 is 2.04 bits per heavy atom. The van der Waals surface area contributed by atoms with Crippen LogP contribution in [0.2, 0.25) is 0 Å². The van der Waals surface area contributed by atoms with Gasteiger partial charge in [0, 0.05) is 42.4 Å². The number of hydrogen-bond donors (Lipinski definition) is 1. The topological polar surface area (TPSA) is 62.6 Å². The molecule has 0 spiro atoms. The summed E-state index contributed by atoms with van der Waals surface area (Å²) < 4.78 is 2.18. The number of nitrogens with one attached hydrogen (secondary N) is 1. The van der Waals surface area contributed by atoms with Crippen LogP contribution < -0.4 is 0 Å². The number of benzene rings is 1. The lowest BCUT2D eigenvalue weighted by Crippen LogP contribution is -2.34. The van der Waals surface area contributed by atoms with Crippen molar-refractivity contribution in [2.45, 2.75) is 44.7 Å². The Hall–Kier alpha value is -2.47. The summed E-state index contributed by atoms with van der Waals surface area (Å²) in [6.07, 6.45) is 6.86. The van der Waals surface area contributed by atoms with Gasteiger partial charge in [0.2, 0.25) is 0 Å². The highest BCUT2D eigenvalue weighted by Gasteiger charge is 2.26. The first-order valence-corrected chi connectivity index (χ1v) is 9.60. The van der Waals surface area contributed by atoms with Crippen LogP contribution in [-0.2, 0) is 19.5 Å². The summed E-state index contributed by atoms with van der Waals surface area (Å²) in [5.41, 5.74) is 3.92. The van der Waals surface area contributed by atoms with E-state index in [1.165, 1.54) is 36.9 Å². The molecule has 1 aromatic carbocycles. The average Bonchev–Trinajstić information content (AvgIpc) is 3.41. The second kappa shape index (κ2) is 6.68. The van der Waals surface area contributed by atoms with Gasteiger partial charge in [0.25, 0.3) is 0 Å². The molecule has 0 bridgehead atoms. The minimum atomic E-state index is 0.428. The molecule has 3 aromatic rings. The van der Waals surface area contributed by atoms with Crippen molar-refractivity contribution in [3.63, 3.8) is 0 Å². The molecule has 2 aliphatic heterocycles. The molecule has 1 fully saturated rings. The van der Waals surface area contributed by atoms with Gasteiger partial charge in [-0.1, -0.05) is 30.3 Å². The second-order valence-electron chi connectivity index (χ2n) is 7.43. The van der Waals surface area contributed by atoms with E-state index < -0.39 is 0 Å². The molecule has 0 aliphatic carbocycles. The maximum absolute atomic E-state index is 4.78. The first-order chi connectivity index (χ1) is 12.9. The Bertz CT molecular complexity index is 881. The summed E-state index contributed by atoms with van der Waals surface area (Å²) in [7, 11) is 0. The minimum absolute atomic E-state index is 0.428. The second-order valence-corrected chi connectivity index (χ2v) is 7.43. The van der Waals surface area contributed by atoms with Crippen LogP contribution in [0.3, 0.4) is 0 Å². The molecule has 0 radical (unpaired) electrons. The van der Waals surface area contributed by atoms with E-state index in [-0.39, 0.29) is 0 Å². The molecule has 1 N–H and O–H groups in total. The van der Waals surface area contributed by atoms with Gasteiger partial charge in [0.05, 0.1) is 6.20 Å². The predicted molar refractivity (Wildman–Crippen MR) is 99.6 cm³/mol. The number of hydrogen-bond acceptors (Lipinski definition) is 4. The van der Waals surface area contributed by atoms with Crippen LogP contribution in [-0.4, -0.2) is 43.0 Å². The fourth-order valence-electron chi connectivity index (χ4n) is 4.30. The van der Waals surface area contributed by atoms with Crippen molar-refractivity contribution in [3.8, 4) is 11.4 Å². The Labute approximate surface area is 153 Å². The quantitative estimate of drug-likeness (QED) is 0.787. The molecular weight excluding hydrogens is 324 g/mol. The maximum atomic E-state index is 4.78. The van der Waals surface area contributed by atoms with Crippen LogP contribution in [0.4, 0.5) is 0 Å². The van der Waals surface area contributed by atoms with Gasteiger partial charge in [-0.2, -0.15) is 10.2 Å². The molecule has 26 heavy (non-hydrogen) atoms. The number of aryl methyl sites for hydroxylation is 1. The van der Waals surface area contributed by atoms with E-state index in [2.05, 4.69) is 43.2 Å². The zero-order valence-corrected chi connectivity index (χ0v) is 14.9. The molecule has 134 valence electrons. The number of nitrogens with zero attached hydrogens (tertiary/aromatic N) is 5. The first kappa shape index (κ1) is 15.8. The van der Waals surface area contributed by atoms with E-state index in [1.54, 1.807) is 0 Å². The lowest BCUT2D eigenvalue weighted by molar-refractivity contribution is 0.196. The number of H-pyrrole nitrogens is 1. The molecule has 0 amide bonds. The first-order valence-electron chi connectivity index (χ1n) is 9.60. The summed E-state index contributed by atoms with van der Waals surface area (Å²) in [5, 5.41) is 12.2. The number of piperidine rings is 1. The van der Waals surface area contributed by atoms with E-state index in [4.69, 9.17) is 4.98 Å². The van der Waals surface area contributed by atoms with Crippen LogP contribution in [0.5, 0.6) is 0 Å². The standard InChI is InChI=1S/C20H24N6/c1-2-6-15(7-3-1)19-22-20(24-23-19)16-8-4-10-25(13-16)14-17-12-21-26-11-5-9-18(17)26/h1-3,6-7,12,16H,4-5,8-11,13-14H2,(H,22,23,24). The van der Waals surface area contributed by atoms with Crippen LogP contribution in [0.15, 0.2) is 36.5 Å². The predicted octanol–water partition coefficient (Wildman–Crippen LogP) is 2.99. The van der Waals surface area contributed by atoms with Gasteiger partial charge >= 0.3 is 0 Å². The van der Waals surface area contributed by atoms with E-state index in [9.17, 15) is 0 Å². The molecule has 0 saturated carbocycles. The molecule has 5 rings (SSSR count). The van der Waals surface area contributed by atoms with E-state index in [0.717, 1.165) is 43.4 Å². The van der Waals surface area contributed by atoms with Gasteiger partial charge in [-0.05, 0) is 32.2 Å². The van der Waals surface area contributed by atoms with Crippen LogP contribution in [0, 0.1) is 0 Å². The van der Waals surface area contributed by atoms with Crippen molar-refractivity contribution in [2.75, 3.05) is 13.1 Å². The van der Waals surface area contributed by atoms with Gasteiger partial charge in [0.1, 0.15) is 5.82 Å². The summed E-state index contributed by atoms with van der Waals surface area (Å²) in [6, 6.07) is 10.2. The van der Waals surface area contributed by atoms with Gasteiger partial charge in [-0.15, -0.1) is 0 Å². The SMILES string of the molecule is c1ccc(-c2n[nH]c(C3CCCN(Cc4cnn5c4CCC5)C3)n2)cc1. The maximum Gasteiger partial charge on any atom is 0.181 e. The van der Waals surface area contributed by atoms with Crippen molar-refractivity contribution in [1.82, 2.24) is 29.9 Å². The Morgan fingerprint density at radius 1 is 1.12 bits per heavy atom. The van der Waals surface area contributed by atoms with Gasteiger partial charge in [-0.25, -0.2) is 4.98 Å². The largest absolute Gasteiger partial charge is 0.298 e. The summed E-state index contributed by atoms with van der Waals surface area (Å²) in [4.78, 5) is 7.33. The zero-order chi connectivity index (χ0) is 17.3. The van der Waals surface area contributed by atoms with Crippen LogP contribution in [0.25, 0.3) is 11.4 Å². The molecular formula is C20H24N6. The van der Waals surface area contributed by atoms with Crippen LogP contribution >= 0.6 is 0 Å². The number of aromatic amines is 1. The van der Waals surface area contributed by atoms with E-state index >= 15 is 0 Å². The van der Waals surface area contributed by atoms with Gasteiger partial charge in [0.15, 0.2) is 5.82 Å². The molecule has 1 atom stereocenters. The highest BCUT2D eigenvalue weighted by Crippen LogP contribution is 2.28. The van der Waals surface area contributed by atoms with Crippen molar-refractivity contribution in [2.24, 2.45) is 0 Å². The number of aromatic nitrogens is 5. The van der Waals surface area contributed by atoms with Crippen molar-refractivity contribution in [1.29, 1.82) is 0 Å². The highest BCUT2D eigenvalue weighted by atomic mass is 15.3. The third-order valence-electron chi connectivity index (χ3n) is 5.64. The third-order valence-corrected chi connectivity index (χ3v) is 5.64. The minimum Gasteiger partial charge on any atom is -0.298 e. The van der Waals surface area contributed by atoms with E-state index in [0.29, 0.717) is 5.92 Å². The molecule has 6 nitrogen and oxygen atoms in total. The average molecular weight is 348 g/mol. The molecule has 2 aliphatic rings. The Balaban J connectivity index is 1.29. The van der Waals surface area contributed by atoms with Crippen molar-refractivity contribution >= 4 is 0 Å². The molecule has 6 heteroatoms. The molecule has 1 unspecified atom stereocenters. The summed E-state index contributed by atoms with van der Waals surface area (Å²) in [6.45, 7) is 4.28. The fraction of sp³-hybridized carbons (Fsp3) is 0.450. The number of likely N-dealkylation sites (tertiary alicyclic amines) is 1. The molecule has 1 saturated heterocycles. The Kier molecular flexibility index (Phi) is 4.05. The van der Waals surface area contributed by atoms with Crippen molar-refractivity contribution < 1.29 is 0 Å². The third kappa shape index (κ3) is 2.94. The molecule has 2 aromatic heterocycles. The van der Waals surface area contributed by atoms with Gasteiger partial charge in [-0.3, -0.25) is 14.7 Å². The lowest BCUT2D eigenvalue weighted by Gasteiger charge is -2.31. The normalized spacial score (nSPS) is 20.4. The summed E-state index contributed by atoms with van der Waals surface area (Å²) in [5.74, 6) is 2.25. The number of rotatable bonds is 4. The van der Waals surface area contributed by atoms with Gasteiger partial charge < -0.3 is 0 Å². The fourth-order valence-corrected chi connectivity index (χ4v) is 4.30. The van der Waals surface area contributed by atoms with E-state index in [1.807, 2.05) is 18.2 Å². The lowest BCUT2D eigenvalue weighted by atomic mass is 9.97. The number of fused-ring (bicyclic) bond motifs is 1. The highest BCUT2D eigenvalue weighted by molar-refractivity contribution is 5.53. The monoisotopic (exact) mass is 348 g/mol. The Morgan fingerprint density at radius 3 is 2.96 bits per heavy atom. The molecule has 4 heterocycles. The summed E-state index contributed by atoms with van der Waals surface area (Å²) >= 11 is 0. The van der Waals surface area contributed by atoms with Crippen LogP contribution in [0.1, 0.15) is 42.3 Å². The zero-order valence-electron chi connectivity index (χ0n) is 14.9.